The molecule has 1 aliphatic heterocycles. The molecular weight excluding hydrogens is 311 g/mol. The number of methoxy groups -OCH3 is 1. The molecule has 0 aromatic heterocycles. The second-order valence-electron chi connectivity index (χ2n) is 5.32. The van der Waals surface area contributed by atoms with Crippen molar-refractivity contribution in [1.82, 2.24) is 4.90 Å². The zero-order valence-corrected chi connectivity index (χ0v) is 12.9. The second kappa shape index (κ2) is 6.06. The lowest BCUT2D eigenvalue weighted by atomic mass is 9.83. The van der Waals surface area contributed by atoms with Gasteiger partial charge in [0.05, 0.1) is 18.2 Å². The van der Waals surface area contributed by atoms with Gasteiger partial charge in [0.15, 0.2) is 0 Å². The average molecular weight is 327 g/mol. The molecule has 1 aliphatic rings. The Kier molecular flexibility index (Phi) is 4.49. The number of hydrogen-bond donors (Lipinski definition) is 0. The van der Waals surface area contributed by atoms with E-state index in [0.29, 0.717) is 11.3 Å². The van der Waals surface area contributed by atoms with Gasteiger partial charge in [0.1, 0.15) is 0 Å². The summed E-state index contributed by atoms with van der Waals surface area (Å²) < 4.78 is 42.7. The highest BCUT2D eigenvalue weighted by Gasteiger charge is 2.36. The van der Waals surface area contributed by atoms with Gasteiger partial charge in [-0.25, -0.2) is 4.79 Å². The van der Waals surface area contributed by atoms with Crippen molar-refractivity contribution in [2.24, 2.45) is 0 Å². The summed E-state index contributed by atoms with van der Waals surface area (Å²) in [6.07, 6.45) is -4.43. The van der Waals surface area contributed by atoms with Crippen LogP contribution in [0.3, 0.4) is 0 Å². The molecule has 7 heteroatoms. The molecule has 0 saturated carbocycles. The Labute approximate surface area is 131 Å². The third kappa shape index (κ3) is 3.23. The maximum Gasteiger partial charge on any atom is 0.416 e. The lowest BCUT2D eigenvalue weighted by molar-refractivity contribution is -0.138. The summed E-state index contributed by atoms with van der Waals surface area (Å²) in [7, 11) is 2.77. The fourth-order valence-electron chi connectivity index (χ4n) is 2.62. The predicted molar refractivity (Wildman–Crippen MR) is 76.3 cm³/mol. The van der Waals surface area contributed by atoms with E-state index in [2.05, 4.69) is 0 Å². The first-order valence-corrected chi connectivity index (χ1v) is 6.89. The number of halogens is 3. The molecule has 124 valence electrons. The van der Waals surface area contributed by atoms with Gasteiger partial charge >= 0.3 is 12.1 Å². The van der Waals surface area contributed by atoms with Gasteiger partial charge in [0.2, 0.25) is 5.91 Å². The Bertz CT molecular complexity index is 662. The summed E-state index contributed by atoms with van der Waals surface area (Å²) in [6, 6.07) is 4.48. The lowest BCUT2D eigenvalue weighted by Gasteiger charge is -2.32. The highest BCUT2D eigenvalue weighted by Crippen LogP contribution is 2.37. The van der Waals surface area contributed by atoms with Gasteiger partial charge in [0.25, 0.3) is 0 Å². The third-order valence-electron chi connectivity index (χ3n) is 4.04. The maximum atomic E-state index is 12.7. The van der Waals surface area contributed by atoms with Crippen LogP contribution in [0.2, 0.25) is 0 Å². The normalized spacial score (nSPS) is 19.1. The van der Waals surface area contributed by atoms with Gasteiger partial charge in [-0.1, -0.05) is 12.1 Å². The number of carbonyl (C=O) groups is 2. The summed E-state index contributed by atoms with van der Waals surface area (Å²) >= 11 is 0. The number of amides is 1. The quantitative estimate of drug-likeness (QED) is 0.784. The van der Waals surface area contributed by atoms with Crippen molar-refractivity contribution in [2.45, 2.75) is 25.4 Å². The van der Waals surface area contributed by atoms with Crippen LogP contribution in [0.1, 0.15) is 30.4 Å². The fourth-order valence-corrected chi connectivity index (χ4v) is 2.62. The van der Waals surface area contributed by atoms with E-state index in [0.717, 1.165) is 12.1 Å². The van der Waals surface area contributed by atoms with Gasteiger partial charge in [0, 0.05) is 25.1 Å². The summed E-state index contributed by atoms with van der Waals surface area (Å²) in [5, 5.41) is 0. The fraction of sp³-hybridized carbons (Fsp3) is 0.375. The number of ether oxygens (including phenoxy) is 1. The van der Waals surface area contributed by atoms with Crippen LogP contribution in [-0.2, 0) is 20.5 Å². The zero-order valence-electron chi connectivity index (χ0n) is 12.9. The molecule has 1 amide bonds. The third-order valence-corrected chi connectivity index (χ3v) is 4.04. The molecule has 0 bridgehead atoms. The number of benzene rings is 1. The Balaban J connectivity index is 2.47. The number of allylic oxidation sites excluding steroid dienone is 1. The van der Waals surface area contributed by atoms with E-state index < -0.39 is 23.6 Å². The molecule has 0 radical (unpaired) electrons. The molecule has 1 heterocycles. The van der Waals surface area contributed by atoms with E-state index in [9.17, 15) is 22.8 Å². The Hall–Kier alpha value is -2.31. The SMILES string of the molecule is COC(=O)C1=C(C)N(C)C(=O)C[C@@H]1c1ccc(C(F)(F)F)cc1. The average Bonchev–Trinajstić information content (AvgIpc) is 2.51. The van der Waals surface area contributed by atoms with Gasteiger partial charge < -0.3 is 9.64 Å². The maximum absolute atomic E-state index is 12.7. The molecule has 0 N–H and O–H groups in total. The number of esters is 1. The smallest absolute Gasteiger partial charge is 0.416 e. The van der Waals surface area contributed by atoms with E-state index in [1.165, 1.54) is 24.1 Å². The molecule has 0 spiro atoms. The van der Waals surface area contributed by atoms with Crippen molar-refractivity contribution in [2.75, 3.05) is 14.2 Å². The first-order chi connectivity index (χ1) is 10.7. The summed E-state index contributed by atoms with van der Waals surface area (Å²) in [4.78, 5) is 25.4. The highest BCUT2D eigenvalue weighted by molar-refractivity contribution is 5.95. The van der Waals surface area contributed by atoms with E-state index in [4.69, 9.17) is 4.74 Å². The van der Waals surface area contributed by atoms with Crippen molar-refractivity contribution in [1.29, 1.82) is 0 Å². The molecule has 2 rings (SSSR count). The molecule has 23 heavy (non-hydrogen) atoms. The van der Waals surface area contributed by atoms with Gasteiger partial charge in [-0.15, -0.1) is 0 Å². The number of hydrogen-bond acceptors (Lipinski definition) is 3. The van der Waals surface area contributed by atoms with Gasteiger partial charge in [-0.3, -0.25) is 4.79 Å². The topological polar surface area (TPSA) is 46.6 Å². The second-order valence-corrected chi connectivity index (χ2v) is 5.32. The van der Waals surface area contributed by atoms with Crippen LogP contribution < -0.4 is 0 Å². The summed E-state index contributed by atoms with van der Waals surface area (Å²) in [6.45, 7) is 1.61. The molecule has 0 unspecified atom stereocenters. The minimum absolute atomic E-state index is 0.00361. The molecule has 0 saturated heterocycles. The van der Waals surface area contributed by atoms with Crippen LogP contribution in [0.5, 0.6) is 0 Å². The Morgan fingerprint density at radius 2 is 1.83 bits per heavy atom. The van der Waals surface area contributed by atoms with Crippen molar-refractivity contribution < 1.29 is 27.5 Å². The predicted octanol–water partition coefficient (Wildman–Crippen LogP) is 3.10. The van der Waals surface area contributed by atoms with Crippen molar-refractivity contribution in [3.05, 3.63) is 46.7 Å². The first-order valence-electron chi connectivity index (χ1n) is 6.89. The van der Waals surface area contributed by atoms with Crippen LogP contribution in [0.25, 0.3) is 0 Å². The largest absolute Gasteiger partial charge is 0.466 e. The lowest BCUT2D eigenvalue weighted by Crippen LogP contribution is -2.35. The Morgan fingerprint density at radius 1 is 1.26 bits per heavy atom. The van der Waals surface area contributed by atoms with Crippen LogP contribution in [0.4, 0.5) is 13.2 Å². The number of alkyl halides is 3. The Morgan fingerprint density at radius 3 is 2.30 bits per heavy atom. The molecule has 1 aromatic carbocycles. The number of nitrogens with zero attached hydrogens (tertiary/aromatic N) is 1. The van der Waals surface area contributed by atoms with Gasteiger partial charge in [-0.05, 0) is 24.6 Å². The summed E-state index contributed by atoms with van der Waals surface area (Å²) in [5.41, 5.74) is 0.424. The highest BCUT2D eigenvalue weighted by atomic mass is 19.4. The molecular formula is C16H16F3NO3. The van der Waals surface area contributed by atoms with Crippen LogP contribution >= 0.6 is 0 Å². The molecule has 0 fully saturated rings. The number of carbonyl (C=O) groups excluding carboxylic acids is 2. The van der Waals surface area contributed by atoms with E-state index >= 15 is 0 Å². The zero-order chi connectivity index (χ0) is 17.4. The number of rotatable bonds is 2. The monoisotopic (exact) mass is 327 g/mol. The van der Waals surface area contributed by atoms with Crippen LogP contribution in [0.15, 0.2) is 35.5 Å². The van der Waals surface area contributed by atoms with Crippen LogP contribution in [-0.4, -0.2) is 30.9 Å². The van der Waals surface area contributed by atoms with Crippen molar-refractivity contribution in [3.63, 3.8) is 0 Å². The standard InChI is InChI=1S/C16H16F3NO3/c1-9-14(15(22)23-3)12(8-13(21)20(9)2)10-4-6-11(7-5-10)16(17,18)19/h4-7,12H,8H2,1-3H3/t12-/m1/s1. The van der Waals surface area contributed by atoms with E-state index in [-0.39, 0.29) is 17.9 Å². The van der Waals surface area contributed by atoms with E-state index in [1.807, 2.05) is 0 Å². The molecule has 4 nitrogen and oxygen atoms in total. The van der Waals surface area contributed by atoms with Crippen LogP contribution in [0, 0.1) is 0 Å². The molecule has 1 atom stereocenters. The van der Waals surface area contributed by atoms with Crippen molar-refractivity contribution in [3.8, 4) is 0 Å². The molecule has 1 aromatic rings. The molecule has 0 aliphatic carbocycles. The first kappa shape index (κ1) is 17.1. The summed E-state index contributed by atoms with van der Waals surface area (Å²) in [5.74, 6) is -1.42. The minimum atomic E-state index is -4.43. The van der Waals surface area contributed by atoms with E-state index in [1.54, 1.807) is 14.0 Å². The minimum Gasteiger partial charge on any atom is -0.466 e. The van der Waals surface area contributed by atoms with Gasteiger partial charge in [-0.2, -0.15) is 13.2 Å². The van der Waals surface area contributed by atoms with Crippen molar-refractivity contribution >= 4 is 11.9 Å².